The second kappa shape index (κ2) is 10.1. The van der Waals surface area contributed by atoms with Crippen LogP contribution in [0.1, 0.15) is 73.6 Å². The maximum absolute atomic E-state index is 12.6. The topological polar surface area (TPSA) is 93.1 Å². The van der Waals surface area contributed by atoms with Crippen LogP contribution in [0.5, 0.6) is 0 Å². The number of fused-ring (bicyclic) bond motifs is 1. The summed E-state index contributed by atoms with van der Waals surface area (Å²) in [5, 5.41) is 21.5. The van der Waals surface area contributed by atoms with E-state index >= 15 is 0 Å². The molecule has 0 saturated heterocycles. The second-order valence-corrected chi connectivity index (χ2v) is 10.9. The van der Waals surface area contributed by atoms with Crippen molar-refractivity contribution in [2.24, 2.45) is 22.7 Å². The smallest absolute Gasteiger partial charge is 0.333 e. The summed E-state index contributed by atoms with van der Waals surface area (Å²) in [5.41, 5.74) is -0.694. The first-order valence-corrected chi connectivity index (χ1v) is 11.9. The van der Waals surface area contributed by atoms with E-state index < -0.39 is 17.1 Å². The van der Waals surface area contributed by atoms with Crippen molar-refractivity contribution in [3.05, 3.63) is 36.5 Å². The summed E-state index contributed by atoms with van der Waals surface area (Å²) in [6.45, 7) is 19.0. The van der Waals surface area contributed by atoms with Gasteiger partial charge in [0, 0.05) is 17.9 Å². The van der Waals surface area contributed by atoms with E-state index in [0.29, 0.717) is 43.3 Å². The normalized spacial score (nSPS) is 33.5. The lowest BCUT2D eigenvalue weighted by atomic mass is 9.45. The number of hydrogen-bond donors (Lipinski definition) is 2. The molecule has 0 amide bonds. The van der Waals surface area contributed by atoms with Crippen molar-refractivity contribution in [1.29, 1.82) is 0 Å². The highest BCUT2D eigenvalue weighted by molar-refractivity contribution is 5.87. The summed E-state index contributed by atoms with van der Waals surface area (Å²) in [5.74, 6) is -0.930. The molecule has 6 atom stereocenters. The van der Waals surface area contributed by atoms with Crippen molar-refractivity contribution in [2.75, 3.05) is 6.61 Å². The first-order valence-electron chi connectivity index (χ1n) is 11.9. The van der Waals surface area contributed by atoms with Gasteiger partial charge in [-0.1, -0.05) is 32.6 Å². The molecule has 0 radical (unpaired) electrons. The van der Waals surface area contributed by atoms with E-state index in [4.69, 9.17) is 9.47 Å². The van der Waals surface area contributed by atoms with Crippen LogP contribution in [0.3, 0.4) is 0 Å². The lowest BCUT2D eigenvalue weighted by Gasteiger charge is -2.61. The molecule has 6 heteroatoms. The van der Waals surface area contributed by atoms with Gasteiger partial charge in [-0.2, -0.15) is 0 Å². The van der Waals surface area contributed by atoms with Gasteiger partial charge in [-0.05, 0) is 75.7 Å². The molecule has 0 heterocycles. The van der Waals surface area contributed by atoms with Crippen LogP contribution in [0.15, 0.2) is 36.5 Å². The monoisotopic (exact) mass is 462 g/mol. The van der Waals surface area contributed by atoms with E-state index in [-0.39, 0.29) is 41.9 Å². The molecule has 0 unspecified atom stereocenters. The fourth-order valence-electron chi connectivity index (χ4n) is 6.01. The van der Waals surface area contributed by atoms with Crippen molar-refractivity contribution in [2.45, 2.75) is 91.5 Å². The minimum atomic E-state index is -1.07. The maximum Gasteiger partial charge on any atom is 0.333 e. The number of hydrogen-bond acceptors (Lipinski definition) is 6. The molecule has 33 heavy (non-hydrogen) atoms. The molecule has 186 valence electrons. The molecule has 2 saturated carbocycles. The van der Waals surface area contributed by atoms with Crippen LogP contribution in [0.4, 0.5) is 0 Å². The lowest BCUT2D eigenvalue weighted by molar-refractivity contribution is -0.186. The summed E-state index contributed by atoms with van der Waals surface area (Å²) in [7, 11) is 0. The predicted molar refractivity (Wildman–Crippen MR) is 128 cm³/mol. The molecular weight excluding hydrogens is 420 g/mol. The molecular formula is C27H42O6. The summed E-state index contributed by atoms with van der Waals surface area (Å²) in [6.07, 6.45) is 4.83. The van der Waals surface area contributed by atoms with E-state index in [2.05, 4.69) is 27.0 Å². The largest absolute Gasteiger partial charge is 0.465 e. The average Bonchev–Trinajstić information content (AvgIpc) is 2.72. The zero-order valence-corrected chi connectivity index (χ0v) is 21.1. The SMILES string of the molecule is C=C[C@](C)(O)CC[C@H]1C(=C)[C@H](O)C[C@H]2C(C)(C)C[C@H](OC(=O)/C(C)=C\C)C[C@]12COC(C)=O. The number of rotatable bonds is 8. The molecule has 6 nitrogen and oxygen atoms in total. The molecule has 2 aliphatic carbocycles. The molecule has 0 spiro atoms. The second-order valence-electron chi connectivity index (χ2n) is 10.9. The highest BCUT2D eigenvalue weighted by Gasteiger charge is 2.60. The number of allylic oxidation sites excluding steroid dienone is 1. The van der Waals surface area contributed by atoms with Crippen molar-refractivity contribution < 1.29 is 29.3 Å². The number of aliphatic hydroxyl groups is 2. The van der Waals surface area contributed by atoms with E-state index in [9.17, 15) is 19.8 Å². The highest BCUT2D eigenvalue weighted by atomic mass is 16.5. The fourth-order valence-corrected chi connectivity index (χ4v) is 6.01. The third kappa shape index (κ3) is 5.96. The van der Waals surface area contributed by atoms with Crippen molar-refractivity contribution in [3.8, 4) is 0 Å². The molecule has 2 N–H and O–H groups in total. The van der Waals surface area contributed by atoms with Gasteiger partial charge in [0.25, 0.3) is 0 Å². The van der Waals surface area contributed by atoms with Crippen molar-refractivity contribution in [1.82, 2.24) is 0 Å². The van der Waals surface area contributed by atoms with Gasteiger partial charge < -0.3 is 19.7 Å². The Kier molecular flexibility index (Phi) is 8.40. The van der Waals surface area contributed by atoms with Gasteiger partial charge in [-0.3, -0.25) is 4.79 Å². The molecule has 0 aromatic carbocycles. The third-order valence-corrected chi connectivity index (χ3v) is 7.98. The van der Waals surface area contributed by atoms with Gasteiger partial charge in [0.2, 0.25) is 0 Å². The highest BCUT2D eigenvalue weighted by Crippen LogP contribution is 2.62. The Balaban J connectivity index is 2.53. The first kappa shape index (κ1) is 27.3. The number of esters is 2. The fraction of sp³-hybridized carbons (Fsp3) is 0.704. The standard InChI is InChI=1S/C27H42O6/c1-9-17(3)24(30)33-20-14-25(6,7)23-13-22(29)18(4)21(11-12-26(8,31)10-2)27(23,15-20)16-32-19(5)28/h9-10,20-23,29,31H,2,4,11-16H2,1,3,5-8H3/b17-9-/t20-,21-,22+,23-,26-,27-/m0/s1. The van der Waals surface area contributed by atoms with Crippen LogP contribution in [0.25, 0.3) is 0 Å². The van der Waals surface area contributed by atoms with Crippen molar-refractivity contribution >= 4 is 11.9 Å². The van der Waals surface area contributed by atoms with E-state index in [0.717, 1.165) is 0 Å². The van der Waals surface area contributed by atoms with Gasteiger partial charge >= 0.3 is 11.9 Å². The third-order valence-electron chi connectivity index (χ3n) is 7.98. The van der Waals surface area contributed by atoms with E-state index in [1.807, 2.05) is 0 Å². The van der Waals surface area contributed by atoms with Gasteiger partial charge in [-0.25, -0.2) is 4.79 Å². The molecule has 2 fully saturated rings. The molecule has 0 bridgehead atoms. The number of carbonyl (C=O) groups excluding carboxylic acids is 2. The van der Waals surface area contributed by atoms with Crippen LogP contribution < -0.4 is 0 Å². The quantitative estimate of drug-likeness (QED) is 0.313. The average molecular weight is 463 g/mol. The number of ether oxygens (including phenoxy) is 2. The Bertz CT molecular complexity index is 807. The van der Waals surface area contributed by atoms with Gasteiger partial charge in [0.15, 0.2) is 0 Å². The molecule has 0 aromatic rings. The summed E-state index contributed by atoms with van der Waals surface area (Å²) >= 11 is 0. The molecule has 0 aliphatic heterocycles. The molecule has 2 rings (SSSR count). The van der Waals surface area contributed by atoms with Gasteiger partial charge in [0.05, 0.1) is 18.3 Å². The zero-order valence-electron chi connectivity index (χ0n) is 21.1. The Morgan fingerprint density at radius 1 is 1.27 bits per heavy atom. The van der Waals surface area contributed by atoms with Crippen LogP contribution >= 0.6 is 0 Å². The number of aliphatic hydroxyl groups excluding tert-OH is 1. The van der Waals surface area contributed by atoms with Gasteiger partial charge in [-0.15, -0.1) is 6.58 Å². The lowest BCUT2D eigenvalue weighted by Crippen LogP contribution is -2.60. The molecule has 2 aliphatic rings. The van der Waals surface area contributed by atoms with E-state index in [1.165, 1.54) is 13.0 Å². The Labute approximate surface area is 198 Å². The number of carbonyl (C=O) groups is 2. The van der Waals surface area contributed by atoms with Crippen LogP contribution in [0.2, 0.25) is 0 Å². The zero-order chi connectivity index (χ0) is 25.2. The van der Waals surface area contributed by atoms with Crippen LogP contribution in [0, 0.1) is 22.7 Å². The summed E-state index contributed by atoms with van der Waals surface area (Å²) < 4.78 is 11.6. The maximum atomic E-state index is 12.6. The molecule has 0 aromatic heterocycles. The van der Waals surface area contributed by atoms with Crippen LogP contribution in [-0.2, 0) is 19.1 Å². The Hall–Kier alpha value is -1.92. The van der Waals surface area contributed by atoms with Crippen LogP contribution in [-0.4, -0.2) is 46.6 Å². The van der Waals surface area contributed by atoms with E-state index in [1.54, 1.807) is 26.8 Å². The predicted octanol–water partition coefficient (Wildman–Crippen LogP) is 4.50. The van der Waals surface area contributed by atoms with Crippen molar-refractivity contribution in [3.63, 3.8) is 0 Å². The minimum Gasteiger partial charge on any atom is -0.465 e. The summed E-state index contributed by atoms with van der Waals surface area (Å²) in [6, 6.07) is 0. The Morgan fingerprint density at radius 2 is 1.91 bits per heavy atom. The Morgan fingerprint density at radius 3 is 2.45 bits per heavy atom. The minimum absolute atomic E-state index is 0.0151. The van der Waals surface area contributed by atoms with Gasteiger partial charge in [0.1, 0.15) is 6.10 Å². The first-order chi connectivity index (χ1) is 15.2. The summed E-state index contributed by atoms with van der Waals surface area (Å²) in [4.78, 5) is 24.5.